The van der Waals surface area contributed by atoms with Crippen molar-refractivity contribution in [3.8, 4) is 0 Å². The van der Waals surface area contributed by atoms with E-state index in [-0.39, 0.29) is 0 Å². The third-order valence-corrected chi connectivity index (χ3v) is 7.25. The summed E-state index contributed by atoms with van der Waals surface area (Å²) in [4.78, 5) is 1.66. The molecular weight excluding hydrogens is 262 g/mol. The normalized spacial score (nSPS) is 34.2. The Balaban J connectivity index is 1.81. The molecule has 1 saturated carbocycles. The van der Waals surface area contributed by atoms with Gasteiger partial charge in [-0.3, -0.25) is 0 Å². The van der Waals surface area contributed by atoms with Crippen LogP contribution in [-0.4, -0.2) is 6.04 Å². The summed E-state index contributed by atoms with van der Waals surface area (Å²) < 4.78 is 0. The molecule has 0 unspecified atom stereocenters. The summed E-state index contributed by atoms with van der Waals surface area (Å²) in [5, 5.41) is 6.27. The predicted molar refractivity (Wildman–Crippen MR) is 88.3 cm³/mol. The van der Waals surface area contributed by atoms with Crippen LogP contribution in [0.4, 0.5) is 0 Å². The highest BCUT2D eigenvalue weighted by molar-refractivity contribution is 7.10. The fourth-order valence-corrected chi connectivity index (χ4v) is 5.55. The molecule has 0 aromatic carbocycles. The smallest absolute Gasteiger partial charge is 0.0533 e. The van der Waals surface area contributed by atoms with Crippen molar-refractivity contribution in [1.29, 1.82) is 0 Å². The summed E-state index contributed by atoms with van der Waals surface area (Å²) >= 11 is 1.98. The van der Waals surface area contributed by atoms with E-state index in [0.717, 1.165) is 5.92 Å². The summed E-state index contributed by atoms with van der Waals surface area (Å²) in [7, 11) is 0. The Morgan fingerprint density at radius 1 is 1.35 bits per heavy atom. The van der Waals surface area contributed by atoms with Crippen LogP contribution < -0.4 is 5.32 Å². The van der Waals surface area contributed by atoms with Crippen LogP contribution in [0.1, 0.15) is 70.2 Å². The van der Waals surface area contributed by atoms with Gasteiger partial charge in [0, 0.05) is 10.9 Å². The van der Waals surface area contributed by atoms with Gasteiger partial charge in [0.25, 0.3) is 0 Å². The quantitative estimate of drug-likeness (QED) is 0.799. The fraction of sp³-hybridized carbons (Fsp3) is 0.778. The van der Waals surface area contributed by atoms with E-state index in [1.54, 1.807) is 10.4 Å². The molecule has 2 heteroatoms. The maximum atomic E-state index is 3.97. The zero-order valence-corrected chi connectivity index (χ0v) is 14.3. The minimum absolute atomic E-state index is 0.307. The van der Waals surface area contributed by atoms with Gasteiger partial charge in [-0.1, -0.05) is 27.2 Å². The van der Waals surface area contributed by atoms with E-state index in [2.05, 4.69) is 44.5 Å². The highest BCUT2D eigenvalue weighted by Crippen LogP contribution is 2.50. The van der Waals surface area contributed by atoms with Gasteiger partial charge in [-0.15, -0.1) is 11.3 Å². The van der Waals surface area contributed by atoms with Gasteiger partial charge in [0.15, 0.2) is 0 Å². The second-order valence-corrected chi connectivity index (χ2v) is 8.64. The molecule has 0 saturated heterocycles. The van der Waals surface area contributed by atoms with Crippen molar-refractivity contribution < 1.29 is 0 Å². The molecule has 3 rings (SSSR count). The van der Waals surface area contributed by atoms with Crippen molar-refractivity contribution in [2.75, 3.05) is 0 Å². The molecule has 2 heterocycles. The number of nitrogens with one attached hydrogen (secondary N) is 1. The molecular formula is C18H29NS. The summed E-state index contributed by atoms with van der Waals surface area (Å²) in [6.07, 6.45) is 7.96. The Morgan fingerprint density at radius 3 is 2.70 bits per heavy atom. The van der Waals surface area contributed by atoms with Crippen molar-refractivity contribution >= 4 is 11.3 Å². The highest BCUT2D eigenvalue weighted by Gasteiger charge is 2.44. The maximum absolute atomic E-state index is 3.97. The van der Waals surface area contributed by atoms with Crippen LogP contribution in [0.25, 0.3) is 0 Å². The first-order valence-corrected chi connectivity index (χ1v) is 9.19. The third kappa shape index (κ3) is 2.35. The maximum Gasteiger partial charge on any atom is 0.0533 e. The molecule has 1 fully saturated rings. The second kappa shape index (κ2) is 5.14. The van der Waals surface area contributed by atoms with Crippen molar-refractivity contribution in [1.82, 2.24) is 5.32 Å². The van der Waals surface area contributed by atoms with Gasteiger partial charge in [-0.25, -0.2) is 0 Å². The van der Waals surface area contributed by atoms with Crippen LogP contribution in [0, 0.1) is 11.3 Å². The number of hydrogen-bond acceptors (Lipinski definition) is 2. The summed E-state index contributed by atoms with van der Waals surface area (Å²) in [6, 6.07) is 2.99. The van der Waals surface area contributed by atoms with E-state index >= 15 is 0 Å². The van der Waals surface area contributed by atoms with Crippen LogP contribution in [0.15, 0.2) is 11.4 Å². The van der Waals surface area contributed by atoms with E-state index in [0.29, 0.717) is 17.0 Å². The molecule has 1 aliphatic carbocycles. The number of thiophene rings is 1. The Labute approximate surface area is 128 Å². The molecule has 1 N–H and O–H groups in total. The molecule has 1 nitrogen and oxygen atoms in total. The molecule has 0 radical (unpaired) electrons. The summed E-state index contributed by atoms with van der Waals surface area (Å²) in [5.74, 6) is 0.903. The average molecular weight is 292 g/mol. The van der Waals surface area contributed by atoms with Gasteiger partial charge in [0.1, 0.15) is 0 Å². The van der Waals surface area contributed by atoms with Crippen LogP contribution in [0.5, 0.6) is 0 Å². The lowest BCUT2D eigenvalue weighted by atomic mass is 9.64. The van der Waals surface area contributed by atoms with Crippen molar-refractivity contribution in [3.05, 3.63) is 21.9 Å². The SMILES string of the molecule is CCC(C)(C)C1CCC2(CC1)N[C@H](C)Cc1ccsc12. The number of rotatable bonds is 2. The fourth-order valence-electron chi connectivity index (χ4n) is 4.39. The molecule has 0 amide bonds. The van der Waals surface area contributed by atoms with Gasteiger partial charge < -0.3 is 5.32 Å². The molecule has 1 aromatic heterocycles. The minimum atomic E-state index is 0.307. The Hall–Kier alpha value is -0.340. The van der Waals surface area contributed by atoms with Gasteiger partial charge >= 0.3 is 0 Å². The first-order chi connectivity index (χ1) is 9.47. The molecule has 2 aliphatic rings. The predicted octanol–water partition coefficient (Wildman–Crippen LogP) is 5.10. The van der Waals surface area contributed by atoms with E-state index < -0.39 is 0 Å². The second-order valence-electron chi connectivity index (χ2n) is 7.72. The first-order valence-electron chi connectivity index (χ1n) is 8.31. The van der Waals surface area contributed by atoms with Crippen molar-refractivity contribution in [2.24, 2.45) is 11.3 Å². The van der Waals surface area contributed by atoms with Crippen molar-refractivity contribution in [2.45, 2.75) is 77.8 Å². The molecule has 0 bridgehead atoms. The van der Waals surface area contributed by atoms with Crippen LogP contribution in [0.2, 0.25) is 0 Å². The average Bonchev–Trinajstić information content (AvgIpc) is 2.88. The van der Waals surface area contributed by atoms with E-state index in [1.807, 2.05) is 11.3 Å². The third-order valence-electron chi connectivity index (χ3n) is 6.09. The van der Waals surface area contributed by atoms with Crippen LogP contribution in [-0.2, 0) is 12.0 Å². The lowest BCUT2D eigenvalue weighted by molar-refractivity contribution is 0.0894. The molecule has 1 spiro atoms. The minimum Gasteiger partial charge on any atom is -0.304 e. The molecule has 1 aromatic rings. The van der Waals surface area contributed by atoms with E-state index in [1.165, 1.54) is 38.5 Å². The van der Waals surface area contributed by atoms with Gasteiger partial charge in [-0.2, -0.15) is 0 Å². The zero-order chi connectivity index (χ0) is 14.4. The van der Waals surface area contributed by atoms with Crippen LogP contribution in [0.3, 0.4) is 0 Å². The van der Waals surface area contributed by atoms with E-state index in [9.17, 15) is 0 Å². The largest absolute Gasteiger partial charge is 0.304 e. The Morgan fingerprint density at radius 2 is 2.05 bits per heavy atom. The van der Waals surface area contributed by atoms with Crippen molar-refractivity contribution in [3.63, 3.8) is 0 Å². The molecule has 20 heavy (non-hydrogen) atoms. The van der Waals surface area contributed by atoms with E-state index in [4.69, 9.17) is 0 Å². The first kappa shape index (κ1) is 14.6. The monoisotopic (exact) mass is 291 g/mol. The molecule has 112 valence electrons. The highest BCUT2D eigenvalue weighted by atomic mass is 32.1. The summed E-state index contributed by atoms with van der Waals surface area (Å²) in [5.41, 5.74) is 2.44. The zero-order valence-electron chi connectivity index (χ0n) is 13.5. The molecule has 1 aliphatic heterocycles. The lowest BCUT2D eigenvalue weighted by Crippen LogP contribution is -2.53. The number of hydrogen-bond donors (Lipinski definition) is 1. The molecule has 1 atom stereocenters. The van der Waals surface area contributed by atoms with Gasteiger partial charge in [-0.05, 0) is 67.4 Å². The summed E-state index contributed by atoms with van der Waals surface area (Å²) in [6.45, 7) is 9.62. The standard InChI is InChI=1S/C18H29NS/c1-5-17(3,4)15-6-9-18(10-7-15)16-14(8-11-20-16)12-13(2)19-18/h8,11,13,15,19H,5-7,9-10,12H2,1-4H3/t13-,15?,18?/m1/s1. The van der Waals surface area contributed by atoms with Gasteiger partial charge in [0.05, 0.1) is 5.54 Å². The van der Waals surface area contributed by atoms with Crippen LogP contribution >= 0.6 is 11.3 Å². The topological polar surface area (TPSA) is 12.0 Å². The lowest BCUT2D eigenvalue weighted by Gasteiger charge is -2.48. The number of fused-ring (bicyclic) bond motifs is 2. The van der Waals surface area contributed by atoms with Gasteiger partial charge in [0.2, 0.25) is 0 Å². The Kier molecular flexibility index (Phi) is 3.75. The Bertz CT molecular complexity index is 466.